The number of hydrogen-bond acceptors (Lipinski definition) is 8. The summed E-state index contributed by atoms with van der Waals surface area (Å²) in [5.74, 6) is -0.799. The molecule has 10 heteroatoms. The first-order valence-electron chi connectivity index (χ1n) is 13.9. The number of methoxy groups -OCH3 is 1. The number of anilines is 1. The van der Waals surface area contributed by atoms with Crippen LogP contribution in [0.3, 0.4) is 0 Å². The summed E-state index contributed by atoms with van der Waals surface area (Å²) in [6, 6.07) is 4.39. The number of aromatic nitrogens is 1. The van der Waals surface area contributed by atoms with E-state index in [4.69, 9.17) is 9.47 Å². The summed E-state index contributed by atoms with van der Waals surface area (Å²) in [5, 5.41) is 5.97. The zero-order valence-electron chi connectivity index (χ0n) is 24.4. The summed E-state index contributed by atoms with van der Waals surface area (Å²) in [6.45, 7) is 14.5. The molecule has 0 bridgehead atoms. The number of hydrogen-bond donors (Lipinski definition) is 1. The van der Waals surface area contributed by atoms with Crippen molar-refractivity contribution in [1.29, 1.82) is 0 Å². The summed E-state index contributed by atoms with van der Waals surface area (Å²) in [7, 11) is 1.30. The van der Waals surface area contributed by atoms with E-state index in [0.29, 0.717) is 18.2 Å². The highest BCUT2D eigenvalue weighted by Crippen LogP contribution is 2.32. The Bertz CT molecular complexity index is 1300. The largest absolute Gasteiger partial charge is 0.467 e. The van der Waals surface area contributed by atoms with Gasteiger partial charge in [-0.3, -0.25) is 9.69 Å². The third-order valence-corrected chi connectivity index (χ3v) is 8.38. The van der Waals surface area contributed by atoms with Crippen molar-refractivity contribution in [3.63, 3.8) is 0 Å². The summed E-state index contributed by atoms with van der Waals surface area (Å²) < 4.78 is 10.9. The zero-order valence-corrected chi connectivity index (χ0v) is 25.2. The summed E-state index contributed by atoms with van der Waals surface area (Å²) in [5.41, 5.74) is 3.57. The van der Waals surface area contributed by atoms with Crippen molar-refractivity contribution in [2.24, 2.45) is 5.41 Å². The molecule has 1 aromatic heterocycles. The van der Waals surface area contributed by atoms with Gasteiger partial charge >= 0.3 is 12.1 Å². The van der Waals surface area contributed by atoms with E-state index in [9.17, 15) is 14.4 Å². The molecule has 9 nitrogen and oxygen atoms in total. The Labute approximate surface area is 246 Å². The van der Waals surface area contributed by atoms with Gasteiger partial charge in [0.15, 0.2) is 5.13 Å². The maximum Gasteiger partial charge on any atom is 0.410 e. The number of fused-ring (bicyclic) bond motifs is 1. The number of unbranched alkanes of at least 4 members (excludes halogenated alkanes) is 1. The second-order valence-electron chi connectivity index (χ2n) is 11.6. The van der Waals surface area contributed by atoms with Crippen molar-refractivity contribution in [2.45, 2.75) is 77.7 Å². The number of benzene rings is 1. The molecule has 4 rings (SSSR count). The van der Waals surface area contributed by atoms with Crippen LogP contribution in [-0.2, 0) is 38.6 Å². The number of carbonyl (C=O) groups excluding carboxylic acids is 3. The zero-order chi connectivity index (χ0) is 29.7. The monoisotopic (exact) mass is 580 g/mol. The molecule has 1 N–H and O–H groups in total. The first-order chi connectivity index (χ1) is 19.5. The van der Waals surface area contributed by atoms with Crippen molar-refractivity contribution in [3.05, 3.63) is 65.2 Å². The van der Waals surface area contributed by atoms with Crippen LogP contribution in [0.5, 0.6) is 0 Å². The van der Waals surface area contributed by atoms with Gasteiger partial charge in [0.2, 0.25) is 5.91 Å². The molecule has 2 aliphatic heterocycles. The van der Waals surface area contributed by atoms with Crippen LogP contribution in [-0.4, -0.2) is 64.6 Å². The molecule has 2 amide bonds. The number of carbonyl (C=O) groups is 3. The van der Waals surface area contributed by atoms with Crippen LogP contribution in [0, 0.1) is 5.41 Å². The van der Waals surface area contributed by atoms with E-state index < -0.39 is 35.7 Å². The Morgan fingerprint density at radius 2 is 2.02 bits per heavy atom. The van der Waals surface area contributed by atoms with Crippen molar-refractivity contribution in [1.82, 2.24) is 14.8 Å². The van der Waals surface area contributed by atoms with Gasteiger partial charge in [-0.25, -0.2) is 14.6 Å². The molecule has 3 heterocycles. The van der Waals surface area contributed by atoms with E-state index in [1.807, 2.05) is 50.4 Å². The lowest BCUT2D eigenvalue weighted by Crippen LogP contribution is -2.52. The molecule has 0 aliphatic carbocycles. The first-order valence-corrected chi connectivity index (χ1v) is 14.8. The number of allylic oxidation sites excluding steroid dienone is 1. The number of rotatable bonds is 10. The number of ether oxygens (including phenoxy) is 2. The van der Waals surface area contributed by atoms with E-state index in [2.05, 4.69) is 23.5 Å². The molecule has 1 saturated heterocycles. The number of nitrogens with one attached hydrogen (secondary N) is 1. The van der Waals surface area contributed by atoms with Crippen LogP contribution in [0.15, 0.2) is 42.8 Å². The predicted molar refractivity (Wildman–Crippen MR) is 160 cm³/mol. The van der Waals surface area contributed by atoms with Gasteiger partial charge < -0.3 is 19.7 Å². The second kappa shape index (κ2) is 12.9. The standard InChI is InChI=1S/C31H40N4O5S/c1-7-9-10-14-22-19-41-29(32-22)33-26(31(3,4)5)27(36)35-17-23(15-25(35)28(37)39-6)40-30(38)34-16-21-13-11-12-20(8-2)24(21)18-34/h7-8,11-13,19,23,25-26H,1-2,9-10,14-18H2,3-6H3,(H,32,33)/t23-,25+,26-/m1/s1. The van der Waals surface area contributed by atoms with Crippen LogP contribution in [0.25, 0.3) is 6.08 Å². The van der Waals surface area contributed by atoms with Gasteiger partial charge in [-0.15, -0.1) is 17.9 Å². The van der Waals surface area contributed by atoms with Gasteiger partial charge in [0.25, 0.3) is 0 Å². The molecule has 0 saturated carbocycles. The molecule has 2 aromatic rings. The molecular weight excluding hydrogens is 540 g/mol. The molecule has 3 atom stereocenters. The highest BCUT2D eigenvalue weighted by Gasteiger charge is 2.46. The molecular formula is C31H40N4O5S. The Morgan fingerprint density at radius 1 is 1.24 bits per heavy atom. The predicted octanol–water partition coefficient (Wildman–Crippen LogP) is 5.42. The summed E-state index contributed by atoms with van der Waals surface area (Å²) in [6.07, 6.45) is 5.43. The SMILES string of the molecule is C=CCCCc1csc(N[C@H](C(=O)N2C[C@H](OC(=O)N3Cc4cccc(C=C)c4C3)C[C@H]2C(=O)OC)C(C)(C)C)n1. The number of esters is 1. The van der Waals surface area contributed by atoms with Gasteiger partial charge in [-0.05, 0) is 41.4 Å². The van der Waals surface area contributed by atoms with Gasteiger partial charge in [0.1, 0.15) is 18.2 Å². The van der Waals surface area contributed by atoms with E-state index >= 15 is 0 Å². The molecule has 1 aromatic carbocycles. The Hall–Kier alpha value is -3.66. The lowest BCUT2D eigenvalue weighted by molar-refractivity contribution is -0.151. The highest BCUT2D eigenvalue weighted by molar-refractivity contribution is 7.13. The maximum atomic E-state index is 14.0. The number of nitrogens with zero attached hydrogens (tertiary/aromatic N) is 3. The Kier molecular flexibility index (Phi) is 9.53. The minimum Gasteiger partial charge on any atom is -0.467 e. The number of likely N-dealkylation sites (tertiary alicyclic amines) is 1. The lowest BCUT2D eigenvalue weighted by atomic mass is 9.85. The third-order valence-electron chi connectivity index (χ3n) is 7.56. The normalized spacial score (nSPS) is 18.9. The average molecular weight is 581 g/mol. The maximum absolute atomic E-state index is 14.0. The van der Waals surface area contributed by atoms with E-state index in [1.54, 1.807) is 11.0 Å². The van der Waals surface area contributed by atoms with E-state index in [1.165, 1.54) is 23.3 Å². The number of amides is 2. The molecule has 0 radical (unpaired) electrons. The third kappa shape index (κ3) is 6.98. The van der Waals surface area contributed by atoms with E-state index in [-0.39, 0.29) is 18.9 Å². The van der Waals surface area contributed by atoms with Crippen molar-refractivity contribution < 1.29 is 23.9 Å². The number of aryl methyl sites for hydroxylation is 1. The van der Waals surface area contributed by atoms with Crippen molar-refractivity contribution >= 4 is 40.5 Å². The molecule has 41 heavy (non-hydrogen) atoms. The van der Waals surface area contributed by atoms with Crippen LogP contribution in [0.4, 0.5) is 9.93 Å². The second-order valence-corrected chi connectivity index (χ2v) is 12.4. The summed E-state index contributed by atoms with van der Waals surface area (Å²) >= 11 is 1.45. The smallest absolute Gasteiger partial charge is 0.410 e. The fourth-order valence-corrected chi connectivity index (χ4v) is 6.10. The van der Waals surface area contributed by atoms with Gasteiger partial charge in [-0.1, -0.05) is 57.7 Å². The fourth-order valence-electron chi connectivity index (χ4n) is 5.32. The average Bonchev–Trinajstić information content (AvgIpc) is 3.68. The van der Waals surface area contributed by atoms with Crippen LogP contribution >= 0.6 is 11.3 Å². The molecule has 220 valence electrons. The quantitative estimate of drug-likeness (QED) is 0.228. The highest BCUT2D eigenvalue weighted by atomic mass is 32.1. The molecule has 1 fully saturated rings. The Balaban J connectivity index is 1.46. The van der Waals surface area contributed by atoms with Gasteiger partial charge in [0, 0.05) is 18.3 Å². The molecule has 2 aliphatic rings. The fraction of sp³-hybridized carbons (Fsp3) is 0.484. The van der Waals surface area contributed by atoms with Gasteiger partial charge in [-0.2, -0.15) is 0 Å². The van der Waals surface area contributed by atoms with Crippen LogP contribution in [0.2, 0.25) is 0 Å². The van der Waals surface area contributed by atoms with Crippen molar-refractivity contribution in [2.75, 3.05) is 19.0 Å². The van der Waals surface area contributed by atoms with Gasteiger partial charge in [0.05, 0.1) is 25.9 Å². The topological polar surface area (TPSA) is 101 Å². The Morgan fingerprint density at radius 3 is 2.71 bits per heavy atom. The molecule has 0 spiro atoms. The minimum atomic E-state index is -0.856. The van der Waals surface area contributed by atoms with Crippen LogP contribution in [0.1, 0.15) is 62.4 Å². The van der Waals surface area contributed by atoms with Crippen molar-refractivity contribution in [3.8, 4) is 0 Å². The first kappa shape index (κ1) is 30.3. The number of thiazole rings is 1. The van der Waals surface area contributed by atoms with Crippen LogP contribution < -0.4 is 5.32 Å². The lowest BCUT2D eigenvalue weighted by Gasteiger charge is -2.35. The summed E-state index contributed by atoms with van der Waals surface area (Å²) in [4.78, 5) is 47.7. The minimum absolute atomic E-state index is 0.0992. The van der Waals surface area contributed by atoms with E-state index in [0.717, 1.165) is 41.6 Å². The molecule has 0 unspecified atom stereocenters.